The molecule has 0 aromatic heterocycles. The molecule has 0 aliphatic carbocycles. The molecular formula is C14H19NO2. The molecule has 0 saturated heterocycles. The molecule has 0 amide bonds. The molecule has 1 unspecified atom stereocenters. The van der Waals surface area contributed by atoms with Crippen molar-refractivity contribution in [3.63, 3.8) is 0 Å². The maximum Gasteiger partial charge on any atom is 0.165 e. The molecular weight excluding hydrogens is 214 g/mol. The molecule has 1 N–H and O–H groups in total. The Balaban J connectivity index is 3.05. The third-order valence-corrected chi connectivity index (χ3v) is 2.73. The zero-order chi connectivity index (χ0) is 12.7. The molecule has 1 aromatic rings. The van der Waals surface area contributed by atoms with Gasteiger partial charge in [-0.3, -0.25) is 0 Å². The maximum absolute atomic E-state index is 5.41. The Kier molecular flexibility index (Phi) is 5.38. The Morgan fingerprint density at radius 3 is 2.65 bits per heavy atom. The normalized spacial score (nSPS) is 11.6. The molecule has 1 rings (SSSR count). The van der Waals surface area contributed by atoms with Crippen molar-refractivity contribution in [2.45, 2.75) is 18.9 Å². The number of methoxy groups -OCH3 is 2. The second-order valence-corrected chi connectivity index (χ2v) is 3.67. The summed E-state index contributed by atoms with van der Waals surface area (Å²) in [5.74, 6) is 4.17. The van der Waals surface area contributed by atoms with E-state index in [0.717, 1.165) is 29.9 Å². The summed E-state index contributed by atoms with van der Waals surface area (Å²) in [6.45, 7) is 0. The predicted octanol–water partition coefficient (Wildman–Crippen LogP) is 2.38. The second kappa shape index (κ2) is 6.82. The highest BCUT2D eigenvalue weighted by molar-refractivity contribution is 5.48. The van der Waals surface area contributed by atoms with Gasteiger partial charge in [0.2, 0.25) is 0 Å². The smallest absolute Gasteiger partial charge is 0.165 e. The number of hydrogen-bond donors (Lipinski definition) is 1. The maximum atomic E-state index is 5.41. The summed E-state index contributed by atoms with van der Waals surface area (Å²) in [6, 6.07) is 6.04. The SMILES string of the molecule is C#CCCC(NC)c1cccc(OC)c1OC. The van der Waals surface area contributed by atoms with Crippen LogP contribution in [0.4, 0.5) is 0 Å². The Labute approximate surface area is 103 Å². The average Bonchev–Trinajstić information content (AvgIpc) is 2.39. The monoisotopic (exact) mass is 233 g/mol. The van der Waals surface area contributed by atoms with Crippen molar-refractivity contribution in [1.29, 1.82) is 0 Å². The zero-order valence-corrected chi connectivity index (χ0v) is 10.6. The van der Waals surface area contributed by atoms with Crippen LogP contribution in [0.25, 0.3) is 0 Å². The standard InChI is InChI=1S/C14H19NO2/c1-5-6-9-12(15-2)11-8-7-10-13(16-3)14(11)17-4/h1,7-8,10,12,15H,6,9H2,2-4H3. The Morgan fingerprint density at radius 1 is 1.35 bits per heavy atom. The van der Waals surface area contributed by atoms with Gasteiger partial charge >= 0.3 is 0 Å². The number of rotatable bonds is 6. The lowest BCUT2D eigenvalue weighted by Gasteiger charge is -2.20. The van der Waals surface area contributed by atoms with Crippen LogP contribution in [-0.2, 0) is 0 Å². The fraction of sp³-hybridized carbons (Fsp3) is 0.429. The predicted molar refractivity (Wildman–Crippen MR) is 69.4 cm³/mol. The van der Waals surface area contributed by atoms with Gasteiger partial charge in [0.25, 0.3) is 0 Å². The third-order valence-electron chi connectivity index (χ3n) is 2.73. The van der Waals surface area contributed by atoms with Crippen LogP contribution in [0.1, 0.15) is 24.4 Å². The topological polar surface area (TPSA) is 30.5 Å². The van der Waals surface area contributed by atoms with Gasteiger partial charge in [-0.1, -0.05) is 12.1 Å². The van der Waals surface area contributed by atoms with Crippen molar-refractivity contribution >= 4 is 0 Å². The fourth-order valence-electron chi connectivity index (χ4n) is 1.87. The molecule has 3 nitrogen and oxygen atoms in total. The molecule has 92 valence electrons. The van der Waals surface area contributed by atoms with Gasteiger partial charge in [0.1, 0.15) is 0 Å². The van der Waals surface area contributed by atoms with Crippen molar-refractivity contribution in [1.82, 2.24) is 5.32 Å². The van der Waals surface area contributed by atoms with Gasteiger partial charge in [-0.05, 0) is 19.5 Å². The second-order valence-electron chi connectivity index (χ2n) is 3.67. The summed E-state index contributed by atoms with van der Waals surface area (Å²) < 4.78 is 10.7. The van der Waals surface area contributed by atoms with Crippen LogP contribution in [0.2, 0.25) is 0 Å². The molecule has 1 aromatic carbocycles. The fourth-order valence-corrected chi connectivity index (χ4v) is 1.87. The first-order valence-electron chi connectivity index (χ1n) is 5.60. The van der Waals surface area contributed by atoms with Gasteiger partial charge in [-0.15, -0.1) is 12.3 Å². The van der Waals surface area contributed by atoms with E-state index < -0.39 is 0 Å². The minimum atomic E-state index is 0.177. The van der Waals surface area contributed by atoms with E-state index in [-0.39, 0.29) is 6.04 Å². The Hall–Kier alpha value is -1.66. The first-order chi connectivity index (χ1) is 8.28. The largest absolute Gasteiger partial charge is 0.493 e. The summed E-state index contributed by atoms with van der Waals surface area (Å²) in [5, 5.41) is 3.25. The minimum absolute atomic E-state index is 0.177. The van der Waals surface area contributed by atoms with E-state index in [1.165, 1.54) is 0 Å². The van der Waals surface area contributed by atoms with Crippen molar-refractivity contribution in [2.24, 2.45) is 0 Å². The van der Waals surface area contributed by atoms with Crippen LogP contribution in [0.3, 0.4) is 0 Å². The van der Waals surface area contributed by atoms with Crippen molar-refractivity contribution in [3.05, 3.63) is 23.8 Å². The lowest BCUT2D eigenvalue weighted by molar-refractivity contribution is 0.346. The van der Waals surface area contributed by atoms with E-state index in [2.05, 4.69) is 11.2 Å². The minimum Gasteiger partial charge on any atom is -0.493 e. The molecule has 3 heteroatoms. The van der Waals surface area contributed by atoms with Crippen molar-refractivity contribution < 1.29 is 9.47 Å². The molecule has 0 heterocycles. The Morgan fingerprint density at radius 2 is 2.12 bits per heavy atom. The van der Waals surface area contributed by atoms with Crippen LogP contribution in [-0.4, -0.2) is 21.3 Å². The number of ether oxygens (including phenoxy) is 2. The molecule has 0 aliphatic heterocycles. The molecule has 0 radical (unpaired) electrons. The summed E-state index contributed by atoms with van der Waals surface area (Å²) in [4.78, 5) is 0. The van der Waals surface area contributed by atoms with Crippen molar-refractivity contribution in [2.75, 3.05) is 21.3 Å². The number of para-hydroxylation sites is 1. The van der Waals surface area contributed by atoms with E-state index in [4.69, 9.17) is 15.9 Å². The van der Waals surface area contributed by atoms with Gasteiger partial charge in [0.05, 0.1) is 14.2 Å². The Bertz CT molecular complexity index is 396. The summed E-state index contributed by atoms with van der Waals surface area (Å²) in [6.07, 6.45) is 6.90. The number of terminal acetylenes is 1. The molecule has 0 spiro atoms. The quantitative estimate of drug-likeness (QED) is 0.765. The number of benzene rings is 1. The average molecular weight is 233 g/mol. The molecule has 17 heavy (non-hydrogen) atoms. The zero-order valence-electron chi connectivity index (χ0n) is 10.6. The van der Waals surface area contributed by atoms with E-state index >= 15 is 0 Å². The van der Waals surface area contributed by atoms with E-state index in [9.17, 15) is 0 Å². The lowest BCUT2D eigenvalue weighted by Crippen LogP contribution is -2.17. The lowest BCUT2D eigenvalue weighted by atomic mass is 10.0. The van der Waals surface area contributed by atoms with Gasteiger partial charge in [0.15, 0.2) is 11.5 Å². The molecule has 0 aliphatic rings. The van der Waals surface area contributed by atoms with Crippen LogP contribution in [0.15, 0.2) is 18.2 Å². The number of hydrogen-bond acceptors (Lipinski definition) is 3. The summed E-state index contributed by atoms with van der Waals surface area (Å²) in [5.41, 5.74) is 1.07. The highest BCUT2D eigenvalue weighted by Crippen LogP contribution is 2.35. The van der Waals surface area contributed by atoms with E-state index in [1.807, 2.05) is 25.2 Å². The highest BCUT2D eigenvalue weighted by atomic mass is 16.5. The molecule has 0 saturated carbocycles. The number of nitrogens with one attached hydrogen (secondary N) is 1. The van der Waals surface area contributed by atoms with Crippen molar-refractivity contribution in [3.8, 4) is 23.8 Å². The van der Waals surface area contributed by atoms with E-state index in [1.54, 1.807) is 14.2 Å². The molecule has 0 fully saturated rings. The summed E-state index contributed by atoms with van der Waals surface area (Å²) in [7, 11) is 5.20. The van der Waals surface area contributed by atoms with E-state index in [0.29, 0.717) is 0 Å². The van der Waals surface area contributed by atoms with Gasteiger partial charge < -0.3 is 14.8 Å². The van der Waals surface area contributed by atoms with Gasteiger partial charge in [-0.2, -0.15) is 0 Å². The summed E-state index contributed by atoms with van der Waals surface area (Å²) >= 11 is 0. The van der Waals surface area contributed by atoms with Crippen LogP contribution >= 0.6 is 0 Å². The van der Waals surface area contributed by atoms with Crippen LogP contribution in [0, 0.1) is 12.3 Å². The first-order valence-corrected chi connectivity index (χ1v) is 5.60. The molecule has 0 bridgehead atoms. The highest BCUT2D eigenvalue weighted by Gasteiger charge is 2.16. The third kappa shape index (κ3) is 3.15. The van der Waals surface area contributed by atoms with Gasteiger partial charge in [0, 0.05) is 18.0 Å². The molecule has 1 atom stereocenters. The first kappa shape index (κ1) is 13.4. The van der Waals surface area contributed by atoms with Crippen LogP contribution < -0.4 is 14.8 Å². The van der Waals surface area contributed by atoms with Gasteiger partial charge in [-0.25, -0.2) is 0 Å². The van der Waals surface area contributed by atoms with Crippen LogP contribution in [0.5, 0.6) is 11.5 Å².